The lowest BCUT2D eigenvalue weighted by atomic mass is 9.92. The Labute approximate surface area is 108 Å². The van der Waals surface area contributed by atoms with Crippen LogP contribution in [0.4, 0.5) is 0 Å². The van der Waals surface area contributed by atoms with Gasteiger partial charge in [-0.1, -0.05) is 44.2 Å². The third-order valence-electron chi connectivity index (χ3n) is 3.42. The summed E-state index contributed by atoms with van der Waals surface area (Å²) in [5, 5.41) is 2.05. The van der Waals surface area contributed by atoms with Crippen LogP contribution in [0, 0.1) is 5.92 Å². The van der Waals surface area contributed by atoms with Gasteiger partial charge in [-0.05, 0) is 23.3 Å². The van der Waals surface area contributed by atoms with Crippen LogP contribution in [-0.4, -0.2) is 12.9 Å². The van der Waals surface area contributed by atoms with E-state index in [4.69, 9.17) is 4.74 Å². The van der Waals surface area contributed by atoms with E-state index < -0.39 is 0 Å². The third kappa shape index (κ3) is 2.10. The lowest BCUT2D eigenvalue weighted by Crippen LogP contribution is -2.12. The summed E-state index contributed by atoms with van der Waals surface area (Å²) in [6.07, 6.45) is 0.839. The van der Waals surface area contributed by atoms with Crippen molar-refractivity contribution in [3.05, 3.63) is 42.0 Å². The largest absolute Gasteiger partial charge is 0.496 e. The van der Waals surface area contributed by atoms with Crippen LogP contribution in [0.3, 0.4) is 0 Å². The second-order valence-electron chi connectivity index (χ2n) is 4.54. The zero-order valence-corrected chi connectivity index (χ0v) is 11.1. The Kier molecular flexibility index (Phi) is 3.66. The first-order chi connectivity index (χ1) is 8.69. The van der Waals surface area contributed by atoms with Crippen LogP contribution in [0.5, 0.6) is 5.75 Å². The number of methoxy groups -OCH3 is 1. The molecule has 0 heterocycles. The quantitative estimate of drug-likeness (QED) is 0.755. The van der Waals surface area contributed by atoms with E-state index in [-0.39, 0.29) is 11.7 Å². The number of carbonyl (C=O) groups excluding carboxylic acids is 1. The lowest BCUT2D eigenvalue weighted by Gasteiger charge is -2.14. The van der Waals surface area contributed by atoms with Crippen molar-refractivity contribution < 1.29 is 9.53 Å². The molecule has 2 aromatic carbocycles. The van der Waals surface area contributed by atoms with Crippen LogP contribution in [0.15, 0.2) is 36.4 Å². The van der Waals surface area contributed by atoms with Gasteiger partial charge in [-0.15, -0.1) is 0 Å². The summed E-state index contributed by atoms with van der Waals surface area (Å²) in [4.78, 5) is 12.5. The minimum absolute atomic E-state index is 0.0182. The van der Waals surface area contributed by atoms with Gasteiger partial charge in [0.1, 0.15) is 5.75 Å². The van der Waals surface area contributed by atoms with Crippen molar-refractivity contribution in [3.8, 4) is 5.75 Å². The molecular weight excluding hydrogens is 224 g/mol. The first kappa shape index (κ1) is 12.6. The van der Waals surface area contributed by atoms with Gasteiger partial charge >= 0.3 is 0 Å². The van der Waals surface area contributed by atoms with Crippen LogP contribution in [-0.2, 0) is 0 Å². The Hall–Kier alpha value is -1.83. The van der Waals surface area contributed by atoms with Crippen LogP contribution in [0.2, 0.25) is 0 Å². The molecule has 0 saturated carbocycles. The summed E-state index contributed by atoms with van der Waals surface area (Å²) >= 11 is 0. The number of ketones is 1. The van der Waals surface area contributed by atoms with Gasteiger partial charge in [-0.2, -0.15) is 0 Å². The normalized spacial score (nSPS) is 12.4. The molecule has 0 spiro atoms. The van der Waals surface area contributed by atoms with Crippen molar-refractivity contribution in [1.29, 1.82) is 0 Å². The van der Waals surface area contributed by atoms with E-state index in [0.717, 1.165) is 17.2 Å². The topological polar surface area (TPSA) is 26.3 Å². The Balaban J connectivity index is 2.68. The molecule has 0 aliphatic heterocycles. The second-order valence-corrected chi connectivity index (χ2v) is 4.54. The molecule has 2 aromatic rings. The predicted molar refractivity (Wildman–Crippen MR) is 74.3 cm³/mol. The molecule has 0 amide bonds. The first-order valence-electron chi connectivity index (χ1n) is 6.29. The zero-order valence-electron chi connectivity index (χ0n) is 11.1. The molecule has 0 saturated heterocycles. The summed E-state index contributed by atoms with van der Waals surface area (Å²) in [6, 6.07) is 11.8. The maximum absolute atomic E-state index is 12.5. The van der Waals surface area contributed by atoms with Gasteiger partial charge in [0.2, 0.25) is 0 Å². The molecule has 0 fully saturated rings. The van der Waals surface area contributed by atoms with Crippen LogP contribution in [0.1, 0.15) is 30.6 Å². The first-order valence-corrected chi connectivity index (χ1v) is 6.29. The monoisotopic (exact) mass is 242 g/mol. The van der Waals surface area contributed by atoms with Crippen molar-refractivity contribution >= 4 is 16.6 Å². The second kappa shape index (κ2) is 5.21. The van der Waals surface area contributed by atoms with Gasteiger partial charge in [0, 0.05) is 5.92 Å². The Morgan fingerprint density at radius 1 is 1.22 bits per heavy atom. The Morgan fingerprint density at radius 3 is 2.61 bits per heavy atom. The van der Waals surface area contributed by atoms with Crippen molar-refractivity contribution in [3.63, 3.8) is 0 Å². The van der Waals surface area contributed by atoms with Crippen molar-refractivity contribution in [1.82, 2.24) is 0 Å². The SMILES string of the molecule is CCC(C)C(=O)c1c(OC)ccc2ccccc12. The molecule has 0 aliphatic rings. The van der Waals surface area contributed by atoms with E-state index >= 15 is 0 Å². The molecule has 0 bridgehead atoms. The van der Waals surface area contributed by atoms with E-state index in [1.807, 2.05) is 50.2 Å². The molecular formula is C16H18O2. The highest BCUT2D eigenvalue weighted by atomic mass is 16.5. The highest BCUT2D eigenvalue weighted by Crippen LogP contribution is 2.30. The van der Waals surface area contributed by atoms with E-state index in [0.29, 0.717) is 11.3 Å². The van der Waals surface area contributed by atoms with Gasteiger partial charge in [-0.3, -0.25) is 4.79 Å². The summed E-state index contributed by atoms with van der Waals surface area (Å²) in [6.45, 7) is 3.99. The number of Topliss-reactive ketones (excluding diaryl/α,β-unsaturated/α-hetero) is 1. The molecule has 94 valence electrons. The summed E-state index contributed by atoms with van der Waals surface area (Å²) in [5.41, 5.74) is 0.713. The number of fused-ring (bicyclic) bond motifs is 1. The summed E-state index contributed by atoms with van der Waals surface area (Å²) in [5.74, 6) is 0.842. The lowest BCUT2D eigenvalue weighted by molar-refractivity contribution is 0.0926. The minimum atomic E-state index is 0.0182. The van der Waals surface area contributed by atoms with Crippen molar-refractivity contribution in [2.75, 3.05) is 7.11 Å². The fraction of sp³-hybridized carbons (Fsp3) is 0.312. The minimum Gasteiger partial charge on any atom is -0.496 e. The van der Waals surface area contributed by atoms with Gasteiger partial charge in [0.05, 0.1) is 12.7 Å². The molecule has 2 rings (SSSR count). The summed E-state index contributed by atoms with van der Waals surface area (Å²) in [7, 11) is 1.61. The highest BCUT2D eigenvalue weighted by molar-refractivity contribution is 6.11. The fourth-order valence-electron chi connectivity index (χ4n) is 2.11. The van der Waals surface area contributed by atoms with Crippen LogP contribution < -0.4 is 4.74 Å². The van der Waals surface area contributed by atoms with Crippen LogP contribution in [0.25, 0.3) is 10.8 Å². The van der Waals surface area contributed by atoms with Crippen molar-refractivity contribution in [2.45, 2.75) is 20.3 Å². The molecule has 2 nitrogen and oxygen atoms in total. The smallest absolute Gasteiger partial charge is 0.170 e. The van der Waals surface area contributed by atoms with Crippen molar-refractivity contribution in [2.24, 2.45) is 5.92 Å². The molecule has 0 aromatic heterocycles. The van der Waals surface area contributed by atoms with E-state index in [1.54, 1.807) is 7.11 Å². The van der Waals surface area contributed by atoms with E-state index in [2.05, 4.69) is 0 Å². The highest BCUT2D eigenvalue weighted by Gasteiger charge is 2.20. The molecule has 2 heteroatoms. The Morgan fingerprint density at radius 2 is 1.94 bits per heavy atom. The standard InChI is InChI=1S/C16H18O2/c1-4-11(2)16(17)15-13-8-6-5-7-12(13)9-10-14(15)18-3/h5-11H,4H2,1-3H3. The number of rotatable bonds is 4. The summed E-state index contributed by atoms with van der Waals surface area (Å²) < 4.78 is 5.35. The van der Waals surface area contributed by atoms with Gasteiger partial charge < -0.3 is 4.74 Å². The van der Waals surface area contributed by atoms with E-state index in [1.165, 1.54) is 0 Å². The Bertz CT molecular complexity index is 572. The molecule has 0 N–H and O–H groups in total. The maximum atomic E-state index is 12.5. The van der Waals surface area contributed by atoms with Crippen LogP contribution >= 0.6 is 0 Å². The van der Waals surface area contributed by atoms with Gasteiger partial charge in [-0.25, -0.2) is 0 Å². The molecule has 1 atom stereocenters. The zero-order chi connectivity index (χ0) is 13.1. The number of carbonyl (C=O) groups is 1. The fourth-order valence-corrected chi connectivity index (χ4v) is 2.11. The van der Waals surface area contributed by atoms with Gasteiger partial charge in [0.15, 0.2) is 5.78 Å². The number of hydrogen-bond acceptors (Lipinski definition) is 2. The molecule has 1 unspecified atom stereocenters. The average Bonchev–Trinajstić information content (AvgIpc) is 2.44. The average molecular weight is 242 g/mol. The third-order valence-corrected chi connectivity index (χ3v) is 3.42. The predicted octanol–water partition coefficient (Wildman–Crippen LogP) is 4.08. The molecule has 18 heavy (non-hydrogen) atoms. The van der Waals surface area contributed by atoms with Gasteiger partial charge in [0.25, 0.3) is 0 Å². The number of hydrogen-bond donors (Lipinski definition) is 0. The number of ether oxygens (including phenoxy) is 1. The maximum Gasteiger partial charge on any atom is 0.170 e. The number of benzene rings is 2. The molecule has 0 aliphatic carbocycles. The molecule has 0 radical (unpaired) electrons. The van der Waals surface area contributed by atoms with E-state index in [9.17, 15) is 4.79 Å².